The highest BCUT2D eigenvalue weighted by molar-refractivity contribution is 14.0. The molecule has 0 aliphatic carbocycles. The number of aromatic nitrogens is 3. The molecule has 3 rings (SSSR count). The normalized spacial score (nSPS) is 12.2. The maximum Gasteiger partial charge on any atom is 0.191 e. The predicted octanol–water partition coefficient (Wildman–Crippen LogP) is 4.14. The van der Waals surface area contributed by atoms with Gasteiger partial charge in [-0.1, -0.05) is 55.5 Å². The molecule has 6 nitrogen and oxygen atoms in total. The molecule has 1 atom stereocenters. The SMILES string of the molecule is CCc1nncn1CCNC(=NCCc1ccccc1F)NC(C)c1ccccc1.I. The van der Waals surface area contributed by atoms with Crippen LogP contribution in [0.3, 0.4) is 0 Å². The molecule has 2 aromatic carbocycles. The molecule has 166 valence electrons. The first-order valence-electron chi connectivity index (χ1n) is 10.4. The molecule has 31 heavy (non-hydrogen) atoms. The van der Waals surface area contributed by atoms with E-state index in [9.17, 15) is 4.39 Å². The first-order valence-corrected chi connectivity index (χ1v) is 10.4. The van der Waals surface area contributed by atoms with Gasteiger partial charge in [-0.15, -0.1) is 34.2 Å². The van der Waals surface area contributed by atoms with Crippen molar-refractivity contribution in [2.24, 2.45) is 4.99 Å². The number of hydrogen-bond acceptors (Lipinski definition) is 3. The predicted molar refractivity (Wildman–Crippen MR) is 133 cm³/mol. The zero-order chi connectivity index (χ0) is 21.2. The van der Waals surface area contributed by atoms with E-state index in [1.54, 1.807) is 18.5 Å². The Labute approximate surface area is 200 Å². The summed E-state index contributed by atoms with van der Waals surface area (Å²) in [7, 11) is 0. The number of hydrogen-bond donors (Lipinski definition) is 2. The van der Waals surface area contributed by atoms with Crippen LogP contribution in [0.15, 0.2) is 65.9 Å². The highest BCUT2D eigenvalue weighted by atomic mass is 127. The van der Waals surface area contributed by atoms with Crippen LogP contribution in [0.25, 0.3) is 0 Å². The van der Waals surface area contributed by atoms with Crippen LogP contribution in [0.4, 0.5) is 4.39 Å². The van der Waals surface area contributed by atoms with Gasteiger partial charge in [-0.05, 0) is 30.5 Å². The number of rotatable bonds is 9. The van der Waals surface area contributed by atoms with Crippen LogP contribution < -0.4 is 10.6 Å². The zero-order valence-corrected chi connectivity index (χ0v) is 20.3. The summed E-state index contributed by atoms with van der Waals surface area (Å²) < 4.78 is 15.9. The molecule has 0 aliphatic heterocycles. The van der Waals surface area contributed by atoms with E-state index in [1.807, 2.05) is 28.8 Å². The van der Waals surface area contributed by atoms with Gasteiger partial charge in [0.2, 0.25) is 0 Å². The third-order valence-electron chi connectivity index (χ3n) is 4.92. The van der Waals surface area contributed by atoms with Gasteiger partial charge in [0, 0.05) is 26.1 Å². The molecule has 0 saturated carbocycles. The first kappa shape index (κ1) is 24.8. The van der Waals surface area contributed by atoms with Crippen molar-refractivity contribution < 1.29 is 4.39 Å². The Kier molecular flexibility index (Phi) is 10.4. The Hall–Kier alpha value is -2.49. The van der Waals surface area contributed by atoms with E-state index in [0.29, 0.717) is 31.0 Å². The van der Waals surface area contributed by atoms with Crippen molar-refractivity contribution in [1.29, 1.82) is 0 Å². The van der Waals surface area contributed by atoms with Crippen LogP contribution in [-0.2, 0) is 19.4 Å². The Morgan fingerprint density at radius 2 is 1.87 bits per heavy atom. The van der Waals surface area contributed by atoms with E-state index in [0.717, 1.165) is 18.8 Å². The summed E-state index contributed by atoms with van der Waals surface area (Å²) in [5, 5.41) is 14.9. The van der Waals surface area contributed by atoms with Crippen LogP contribution in [0.2, 0.25) is 0 Å². The minimum Gasteiger partial charge on any atom is -0.355 e. The molecule has 0 radical (unpaired) electrons. The molecular formula is C23H30FIN6. The van der Waals surface area contributed by atoms with Gasteiger partial charge < -0.3 is 15.2 Å². The topological polar surface area (TPSA) is 67.1 Å². The van der Waals surface area contributed by atoms with Crippen molar-refractivity contribution in [1.82, 2.24) is 25.4 Å². The molecule has 0 amide bonds. The lowest BCUT2D eigenvalue weighted by Gasteiger charge is -2.19. The van der Waals surface area contributed by atoms with Crippen LogP contribution >= 0.6 is 24.0 Å². The maximum absolute atomic E-state index is 13.9. The average molecular weight is 536 g/mol. The molecule has 2 N–H and O–H groups in total. The summed E-state index contributed by atoms with van der Waals surface area (Å²) in [5.41, 5.74) is 1.85. The number of benzene rings is 2. The summed E-state index contributed by atoms with van der Waals surface area (Å²) >= 11 is 0. The van der Waals surface area contributed by atoms with Crippen LogP contribution in [-0.4, -0.2) is 33.8 Å². The number of aryl methyl sites for hydroxylation is 1. The molecular weight excluding hydrogens is 506 g/mol. The summed E-state index contributed by atoms with van der Waals surface area (Å²) in [5.74, 6) is 1.47. The zero-order valence-electron chi connectivity index (χ0n) is 18.0. The Bertz CT molecular complexity index is 944. The smallest absolute Gasteiger partial charge is 0.191 e. The number of nitrogens with zero attached hydrogens (tertiary/aromatic N) is 4. The summed E-state index contributed by atoms with van der Waals surface area (Å²) in [6.07, 6.45) is 3.13. The van der Waals surface area contributed by atoms with Gasteiger partial charge in [-0.3, -0.25) is 4.99 Å². The van der Waals surface area contributed by atoms with Crippen LogP contribution in [0, 0.1) is 5.82 Å². The lowest BCUT2D eigenvalue weighted by atomic mass is 10.1. The van der Waals surface area contributed by atoms with Crippen LogP contribution in [0.5, 0.6) is 0 Å². The van der Waals surface area contributed by atoms with Gasteiger partial charge in [0.15, 0.2) is 5.96 Å². The third kappa shape index (κ3) is 7.61. The van der Waals surface area contributed by atoms with E-state index < -0.39 is 0 Å². The fourth-order valence-corrected chi connectivity index (χ4v) is 3.21. The van der Waals surface area contributed by atoms with Gasteiger partial charge in [-0.25, -0.2) is 4.39 Å². The van der Waals surface area contributed by atoms with Crippen molar-refractivity contribution in [3.8, 4) is 0 Å². The maximum atomic E-state index is 13.9. The second kappa shape index (κ2) is 13.0. The van der Waals surface area contributed by atoms with E-state index in [-0.39, 0.29) is 35.8 Å². The Balaban J connectivity index is 0.00000341. The quantitative estimate of drug-likeness (QED) is 0.245. The fourth-order valence-electron chi connectivity index (χ4n) is 3.21. The molecule has 3 aromatic rings. The lowest BCUT2D eigenvalue weighted by Crippen LogP contribution is -2.40. The van der Waals surface area contributed by atoms with Gasteiger partial charge in [0.05, 0.1) is 6.04 Å². The molecule has 1 heterocycles. The molecule has 1 aromatic heterocycles. The monoisotopic (exact) mass is 536 g/mol. The number of aliphatic imine (C=N–C) groups is 1. The minimum atomic E-state index is -0.187. The second-order valence-electron chi connectivity index (χ2n) is 7.07. The van der Waals surface area contributed by atoms with Crippen molar-refractivity contribution in [3.05, 3.63) is 83.7 Å². The highest BCUT2D eigenvalue weighted by Crippen LogP contribution is 2.11. The molecule has 0 spiro atoms. The van der Waals surface area contributed by atoms with Gasteiger partial charge >= 0.3 is 0 Å². The third-order valence-corrected chi connectivity index (χ3v) is 4.92. The van der Waals surface area contributed by atoms with E-state index in [2.05, 4.69) is 51.8 Å². The van der Waals surface area contributed by atoms with Gasteiger partial charge in [0.1, 0.15) is 18.0 Å². The molecule has 8 heteroatoms. The van der Waals surface area contributed by atoms with E-state index in [1.165, 1.54) is 11.6 Å². The average Bonchev–Trinajstić information content (AvgIpc) is 3.23. The minimum absolute atomic E-state index is 0. The number of guanidine groups is 1. The van der Waals surface area contributed by atoms with Crippen molar-refractivity contribution in [3.63, 3.8) is 0 Å². The van der Waals surface area contributed by atoms with E-state index >= 15 is 0 Å². The molecule has 0 aliphatic rings. The van der Waals surface area contributed by atoms with Gasteiger partial charge in [0.25, 0.3) is 0 Å². The lowest BCUT2D eigenvalue weighted by molar-refractivity contribution is 0.607. The summed E-state index contributed by atoms with van der Waals surface area (Å²) in [6, 6.07) is 17.1. The summed E-state index contributed by atoms with van der Waals surface area (Å²) in [4.78, 5) is 4.67. The second-order valence-corrected chi connectivity index (χ2v) is 7.07. The van der Waals surface area contributed by atoms with Crippen molar-refractivity contribution >= 4 is 29.9 Å². The number of halogens is 2. The van der Waals surface area contributed by atoms with E-state index in [4.69, 9.17) is 0 Å². The highest BCUT2D eigenvalue weighted by Gasteiger charge is 2.09. The first-order chi connectivity index (χ1) is 14.7. The largest absolute Gasteiger partial charge is 0.355 e. The van der Waals surface area contributed by atoms with Crippen LogP contribution in [0.1, 0.15) is 36.8 Å². The standard InChI is InChI=1S/C23H29FN6.HI/c1-3-22-29-27-17-30(22)16-15-26-23(28-18(2)19-9-5-4-6-10-19)25-14-13-20-11-7-8-12-21(20)24;/h4-12,17-18H,3,13-16H2,1-2H3,(H2,25,26,28);1H. The summed E-state index contributed by atoms with van der Waals surface area (Å²) in [6.45, 7) is 6.07. The van der Waals surface area contributed by atoms with Crippen molar-refractivity contribution in [2.45, 2.75) is 39.3 Å². The Morgan fingerprint density at radius 3 is 2.61 bits per heavy atom. The van der Waals surface area contributed by atoms with Crippen molar-refractivity contribution in [2.75, 3.05) is 13.1 Å². The fraction of sp³-hybridized carbons (Fsp3) is 0.348. The van der Waals surface area contributed by atoms with Gasteiger partial charge in [-0.2, -0.15) is 0 Å². The Morgan fingerprint density at radius 1 is 1.13 bits per heavy atom. The molecule has 0 fully saturated rings. The molecule has 1 unspecified atom stereocenters. The number of nitrogens with one attached hydrogen (secondary N) is 2. The molecule has 0 bridgehead atoms. The molecule has 0 saturated heterocycles.